The summed E-state index contributed by atoms with van der Waals surface area (Å²) in [7, 11) is 0. The van der Waals surface area contributed by atoms with Gasteiger partial charge in [0.05, 0.1) is 0 Å². The standard InChI is InChI=1S/C17H19NO4/c19-14-6-7-16(20)13(11-14)8-9-18-15(17(21)22)10-12-4-2-1-3-5-12/h1-7,11,15,18-20H,8-10H2,(H,21,22)/t15-/m0/s1. The number of hydrogen-bond acceptors (Lipinski definition) is 4. The Kier molecular flexibility index (Phi) is 5.38. The van der Waals surface area contributed by atoms with Crippen molar-refractivity contribution in [2.45, 2.75) is 18.9 Å². The van der Waals surface area contributed by atoms with Crippen LogP contribution in [-0.4, -0.2) is 33.9 Å². The zero-order valence-electron chi connectivity index (χ0n) is 12.1. The summed E-state index contributed by atoms with van der Waals surface area (Å²) in [6.07, 6.45) is 0.820. The van der Waals surface area contributed by atoms with Crippen molar-refractivity contribution in [3.05, 3.63) is 59.7 Å². The molecule has 0 radical (unpaired) electrons. The molecular formula is C17H19NO4. The predicted molar refractivity (Wildman–Crippen MR) is 83.0 cm³/mol. The molecule has 0 aliphatic rings. The van der Waals surface area contributed by atoms with Gasteiger partial charge >= 0.3 is 5.97 Å². The van der Waals surface area contributed by atoms with E-state index in [2.05, 4.69) is 5.32 Å². The van der Waals surface area contributed by atoms with Crippen LogP contribution < -0.4 is 5.32 Å². The fourth-order valence-corrected chi connectivity index (χ4v) is 2.25. The maximum atomic E-state index is 11.3. The maximum absolute atomic E-state index is 11.3. The van der Waals surface area contributed by atoms with E-state index in [9.17, 15) is 20.1 Å². The van der Waals surface area contributed by atoms with E-state index in [1.165, 1.54) is 18.2 Å². The summed E-state index contributed by atoms with van der Waals surface area (Å²) < 4.78 is 0. The summed E-state index contributed by atoms with van der Waals surface area (Å²) in [5.41, 5.74) is 1.53. The summed E-state index contributed by atoms with van der Waals surface area (Å²) in [5, 5.41) is 31.3. The Balaban J connectivity index is 1.92. The molecule has 22 heavy (non-hydrogen) atoms. The van der Waals surface area contributed by atoms with Crippen LogP contribution in [0.15, 0.2) is 48.5 Å². The fourth-order valence-electron chi connectivity index (χ4n) is 2.25. The smallest absolute Gasteiger partial charge is 0.321 e. The van der Waals surface area contributed by atoms with E-state index in [-0.39, 0.29) is 11.5 Å². The lowest BCUT2D eigenvalue weighted by Gasteiger charge is -2.15. The van der Waals surface area contributed by atoms with Gasteiger partial charge in [-0.05, 0) is 42.2 Å². The quantitative estimate of drug-likeness (QED) is 0.587. The third-order valence-electron chi connectivity index (χ3n) is 3.43. The Morgan fingerprint density at radius 1 is 1.09 bits per heavy atom. The number of phenolic OH excluding ortho intramolecular Hbond substituents is 2. The van der Waals surface area contributed by atoms with Crippen molar-refractivity contribution >= 4 is 5.97 Å². The molecule has 5 nitrogen and oxygen atoms in total. The van der Waals surface area contributed by atoms with Crippen LogP contribution in [-0.2, 0) is 17.6 Å². The minimum absolute atomic E-state index is 0.0758. The minimum atomic E-state index is -0.913. The molecule has 4 N–H and O–H groups in total. The Morgan fingerprint density at radius 3 is 2.50 bits per heavy atom. The van der Waals surface area contributed by atoms with E-state index in [0.717, 1.165) is 5.56 Å². The first kappa shape index (κ1) is 15.9. The second kappa shape index (κ2) is 7.47. The van der Waals surface area contributed by atoms with Crippen LogP contribution in [0.2, 0.25) is 0 Å². The molecule has 0 bridgehead atoms. The number of carboxylic acid groups (broad SMARTS) is 1. The van der Waals surface area contributed by atoms with Crippen molar-refractivity contribution in [1.82, 2.24) is 5.32 Å². The third kappa shape index (κ3) is 4.49. The molecule has 0 saturated carbocycles. The normalized spacial score (nSPS) is 12.0. The zero-order chi connectivity index (χ0) is 15.9. The highest BCUT2D eigenvalue weighted by Crippen LogP contribution is 2.22. The van der Waals surface area contributed by atoms with Crippen molar-refractivity contribution in [2.75, 3.05) is 6.54 Å². The maximum Gasteiger partial charge on any atom is 0.321 e. The molecule has 0 spiro atoms. The molecule has 0 fully saturated rings. The van der Waals surface area contributed by atoms with Crippen molar-refractivity contribution in [1.29, 1.82) is 0 Å². The Morgan fingerprint density at radius 2 is 1.82 bits per heavy atom. The number of aromatic hydroxyl groups is 2. The summed E-state index contributed by atoms with van der Waals surface area (Å²) in [5.74, 6) is -0.745. The van der Waals surface area contributed by atoms with Crippen molar-refractivity contribution in [3.63, 3.8) is 0 Å². The van der Waals surface area contributed by atoms with Gasteiger partial charge in [-0.15, -0.1) is 0 Å². The summed E-state index contributed by atoms with van der Waals surface area (Å²) >= 11 is 0. The fraction of sp³-hybridized carbons (Fsp3) is 0.235. The van der Waals surface area contributed by atoms with Gasteiger partial charge in [0.2, 0.25) is 0 Å². The van der Waals surface area contributed by atoms with Gasteiger partial charge < -0.3 is 20.6 Å². The Labute approximate surface area is 128 Å². The average molecular weight is 301 g/mol. The van der Waals surface area contributed by atoms with Gasteiger partial charge in [-0.25, -0.2) is 0 Å². The van der Waals surface area contributed by atoms with E-state index in [1.54, 1.807) is 0 Å². The number of carbonyl (C=O) groups is 1. The van der Waals surface area contributed by atoms with Crippen molar-refractivity contribution in [3.8, 4) is 11.5 Å². The molecule has 0 aliphatic carbocycles. The lowest BCUT2D eigenvalue weighted by Crippen LogP contribution is -2.39. The lowest BCUT2D eigenvalue weighted by molar-refractivity contribution is -0.139. The van der Waals surface area contributed by atoms with Gasteiger partial charge in [0.15, 0.2) is 0 Å². The van der Waals surface area contributed by atoms with Crippen LogP contribution >= 0.6 is 0 Å². The largest absolute Gasteiger partial charge is 0.508 e. The molecule has 116 valence electrons. The van der Waals surface area contributed by atoms with Crippen molar-refractivity contribution < 1.29 is 20.1 Å². The molecule has 1 atom stereocenters. The number of benzene rings is 2. The summed E-state index contributed by atoms with van der Waals surface area (Å²) in [6.45, 7) is 0.390. The van der Waals surface area contributed by atoms with Gasteiger partial charge in [-0.2, -0.15) is 0 Å². The van der Waals surface area contributed by atoms with Crippen LogP contribution in [0.1, 0.15) is 11.1 Å². The Hall–Kier alpha value is -2.53. The highest BCUT2D eigenvalue weighted by molar-refractivity contribution is 5.73. The SMILES string of the molecule is O=C(O)[C@H](Cc1ccccc1)NCCc1cc(O)ccc1O. The molecular weight excluding hydrogens is 282 g/mol. The van der Waals surface area contributed by atoms with Crippen molar-refractivity contribution in [2.24, 2.45) is 0 Å². The molecule has 0 saturated heterocycles. The van der Waals surface area contributed by atoms with Crippen LogP contribution in [0.5, 0.6) is 11.5 Å². The van der Waals surface area contributed by atoms with Gasteiger partial charge in [0.1, 0.15) is 17.5 Å². The monoisotopic (exact) mass is 301 g/mol. The van der Waals surface area contributed by atoms with Crippen LogP contribution in [0.4, 0.5) is 0 Å². The van der Waals surface area contributed by atoms with Gasteiger partial charge in [-0.3, -0.25) is 4.79 Å². The van der Waals surface area contributed by atoms with E-state index in [1.807, 2.05) is 30.3 Å². The summed E-state index contributed by atoms with van der Waals surface area (Å²) in [6, 6.07) is 13.0. The van der Waals surface area contributed by atoms with Crippen LogP contribution in [0.3, 0.4) is 0 Å². The number of aliphatic carboxylic acids is 1. The van der Waals surface area contributed by atoms with E-state index in [4.69, 9.17) is 0 Å². The topological polar surface area (TPSA) is 89.8 Å². The van der Waals surface area contributed by atoms with E-state index >= 15 is 0 Å². The summed E-state index contributed by atoms with van der Waals surface area (Å²) in [4.78, 5) is 11.3. The van der Waals surface area contributed by atoms with Gasteiger partial charge in [0, 0.05) is 6.54 Å². The molecule has 0 amide bonds. The molecule has 2 aromatic carbocycles. The highest BCUT2D eigenvalue weighted by atomic mass is 16.4. The first-order valence-electron chi connectivity index (χ1n) is 7.07. The first-order chi connectivity index (χ1) is 10.6. The number of rotatable bonds is 7. The molecule has 0 aliphatic heterocycles. The lowest BCUT2D eigenvalue weighted by atomic mass is 10.1. The molecule has 5 heteroatoms. The molecule has 2 aromatic rings. The first-order valence-corrected chi connectivity index (χ1v) is 7.07. The Bertz CT molecular complexity index is 628. The highest BCUT2D eigenvalue weighted by Gasteiger charge is 2.17. The predicted octanol–water partition coefficient (Wildman–Crippen LogP) is 1.93. The van der Waals surface area contributed by atoms with E-state index < -0.39 is 12.0 Å². The van der Waals surface area contributed by atoms with Gasteiger partial charge in [0.25, 0.3) is 0 Å². The number of hydrogen-bond donors (Lipinski definition) is 4. The molecule has 0 aromatic heterocycles. The zero-order valence-corrected chi connectivity index (χ0v) is 12.1. The third-order valence-corrected chi connectivity index (χ3v) is 3.43. The molecule has 0 heterocycles. The second-order valence-electron chi connectivity index (χ2n) is 5.10. The van der Waals surface area contributed by atoms with Crippen LogP contribution in [0.25, 0.3) is 0 Å². The van der Waals surface area contributed by atoms with E-state index in [0.29, 0.717) is 24.9 Å². The number of nitrogens with one attached hydrogen (secondary N) is 1. The minimum Gasteiger partial charge on any atom is -0.508 e. The second-order valence-corrected chi connectivity index (χ2v) is 5.10. The average Bonchev–Trinajstić information content (AvgIpc) is 2.50. The molecule has 2 rings (SSSR count). The van der Waals surface area contributed by atoms with Gasteiger partial charge in [-0.1, -0.05) is 30.3 Å². The number of carboxylic acids is 1. The molecule has 0 unspecified atom stereocenters. The van der Waals surface area contributed by atoms with Crippen LogP contribution in [0, 0.1) is 0 Å². The number of phenols is 2.